The van der Waals surface area contributed by atoms with E-state index in [1.54, 1.807) is 0 Å². The van der Waals surface area contributed by atoms with E-state index in [1.807, 2.05) is 11.8 Å². The van der Waals surface area contributed by atoms with Crippen LogP contribution in [-0.2, 0) is 4.79 Å². The topological polar surface area (TPSA) is 64.3 Å². The first kappa shape index (κ1) is 12.0. The van der Waals surface area contributed by atoms with Crippen LogP contribution in [0.3, 0.4) is 0 Å². The summed E-state index contributed by atoms with van der Waals surface area (Å²) in [6.45, 7) is 3.58. The highest BCUT2D eigenvalue weighted by atomic mass is 16.4. The van der Waals surface area contributed by atoms with E-state index in [9.17, 15) is 4.79 Å². The third-order valence-electron chi connectivity index (χ3n) is 3.02. The molecule has 1 aliphatic rings. The van der Waals surface area contributed by atoms with Gasteiger partial charge in [0.2, 0.25) is 0 Å². The molecular weight excluding hydrogens is 192 g/mol. The zero-order chi connectivity index (χ0) is 11.3. The molecule has 0 aromatic carbocycles. The molecule has 1 fully saturated rings. The number of hydrogen-bond acceptors (Lipinski definition) is 3. The second-order valence-electron chi connectivity index (χ2n) is 4.20. The summed E-state index contributed by atoms with van der Waals surface area (Å²) in [5, 5.41) is 17.6. The van der Waals surface area contributed by atoms with Gasteiger partial charge >= 0.3 is 5.97 Å². The van der Waals surface area contributed by atoms with E-state index in [0.717, 1.165) is 32.4 Å². The summed E-state index contributed by atoms with van der Waals surface area (Å²) in [4.78, 5) is 13.1. The van der Waals surface area contributed by atoms with E-state index in [-0.39, 0.29) is 12.0 Å². The molecule has 15 heavy (non-hydrogen) atoms. The Balaban J connectivity index is 2.51. The van der Waals surface area contributed by atoms with Crippen LogP contribution in [0.2, 0.25) is 0 Å². The number of likely N-dealkylation sites (tertiary alicyclic amines) is 1. The Bertz CT molecular complexity index is 260. The van der Waals surface area contributed by atoms with Crippen LogP contribution >= 0.6 is 0 Å². The van der Waals surface area contributed by atoms with Gasteiger partial charge in [-0.2, -0.15) is 5.26 Å². The van der Waals surface area contributed by atoms with Gasteiger partial charge in [-0.1, -0.05) is 6.92 Å². The normalized spacial score (nSPS) is 27.2. The summed E-state index contributed by atoms with van der Waals surface area (Å²) in [5.74, 6) is -0.502. The molecule has 2 unspecified atom stereocenters. The highest BCUT2D eigenvalue weighted by Crippen LogP contribution is 2.23. The third-order valence-corrected chi connectivity index (χ3v) is 3.02. The molecule has 2 atom stereocenters. The number of aliphatic carboxylic acids is 1. The Hall–Kier alpha value is -1.08. The van der Waals surface area contributed by atoms with Crippen LogP contribution in [-0.4, -0.2) is 35.1 Å². The lowest BCUT2D eigenvalue weighted by atomic mass is 9.90. The van der Waals surface area contributed by atoms with Crippen molar-refractivity contribution in [2.75, 3.05) is 13.1 Å². The van der Waals surface area contributed by atoms with Gasteiger partial charge in [-0.05, 0) is 38.3 Å². The summed E-state index contributed by atoms with van der Waals surface area (Å²) in [6, 6.07) is 1.74. The van der Waals surface area contributed by atoms with E-state index in [1.165, 1.54) is 0 Å². The molecule has 0 aromatic heterocycles. The number of rotatable bonds is 4. The van der Waals surface area contributed by atoms with E-state index in [2.05, 4.69) is 6.07 Å². The maximum absolute atomic E-state index is 11.1. The average Bonchev–Trinajstić information content (AvgIpc) is 2.17. The van der Waals surface area contributed by atoms with Gasteiger partial charge in [0.15, 0.2) is 0 Å². The Morgan fingerprint density at radius 1 is 1.67 bits per heavy atom. The fourth-order valence-corrected chi connectivity index (χ4v) is 2.28. The summed E-state index contributed by atoms with van der Waals surface area (Å²) in [7, 11) is 0. The molecule has 1 aliphatic heterocycles. The molecule has 0 aliphatic carbocycles. The first-order chi connectivity index (χ1) is 7.16. The molecule has 1 rings (SSSR count). The SMILES string of the molecule is CC1CCCN(CCCC#N)C1C(=O)O. The van der Waals surface area contributed by atoms with Crippen molar-refractivity contribution in [2.24, 2.45) is 5.92 Å². The molecule has 1 saturated heterocycles. The maximum Gasteiger partial charge on any atom is 0.321 e. The van der Waals surface area contributed by atoms with Gasteiger partial charge in [0, 0.05) is 6.42 Å². The van der Waals surface area contributed by atoms with E-state index in [4.69, 9.17) is 10.4 Å². The largest absolute Gasteiger partial charge is 0.480 e. The van der Waals surface area contributed by atoms with Gasteiger partial charge in [-0.25, -0.2) is 0 Å². The maximum atomic E-state index is 11.1. The number of carboxylic acid groups (broad SMARTS) is 1. The van der Waals surface area contributed by atoms with Gasteiger partial charge < -0.3 is 5.11 Å². The Labute approximate surface area is 90.5 Å². The van der Waals surface area contributed by atoms with Crippen LogP contribution in [0.1, 0.15) is 32.6 Å². The lowest BCUT2D eigenvalue weighted by molar-refractivity contribution is -0.146. The highest BCUT2D eigenvalue weighted by Gasteiger charge is 2.33. The van der Waals surface area contributed by atoms with Crippen LogP contribution in [0.25, 0.3) is 0 Å². The molecule has 0 amide bonds. The number of nitrogens with zero attached hydrogens (tertiary/aromatic N) is 2. The zero-order valence-electron chi connectivity index (χ0n) is 9.15. The number of hydrogen-bond donors (Lipinski definition) is 1. The van der Waals surface area contributed by atoms with Crippen molar-refractivity contribution >= 4 is 5.97 Å². The summed E-state index contributed by atoms with van der Waals surface area (Å²) in [6.07, 6.45) is 3.34. The molecule has 4 nitrogen and oxygen atoms in total. The Kier molecular flexibility index (Phi) is 4.57. The molecule has 0 bridgehead atoms. The van der Waals surface area contributed by atoms with Crippen LogP contribution in [0, 0.1) is 17.2 Å². The van der Waals surface area contributed by atoms with Crippen molar-refractivity contribution in [3.63, 3.8) is 0 Å². The molecule has 0 aromatic rings. The van der Waals surface area contributed by atoms with Crippen molar-refractivity contribution in [1.29, 1.82) is 5.26 Å². The first-order valence-corrected chi connectivity index (χ1v) is 5.50. The number of piperidine rings is 1. The first-order valence-electron chi connectivity index (χ1n) is 5.50. The van der Waals surface area contributed by atoms with Crippen molar-refractivity contribution in [1.82, 2.24) is 4.90 Å². The fourth-order valence-electron chi connectivity index (χ4n) is 2.28. The lowest BCUT2D eigenvalue weighted by Gasteiger charge is -2.37. The summed E-state index contributed by atoms with van der Waals surface area (Å²) < 4.78 is 0. The smallest absolute Gasteiger partial charge is 0.321 e. The van der Waals surface area contributed by atoms with Gasteiger partial charge in [-0.3, -0.25) is 9.69 Å². The molecule has 0 spiro atoms. The molecule has 0 radical (unpaired) electrons. The van der Waals surface area contributed by atoms with Gasteiger partial charge in [-0.15, -0.1) is 0 Å². The second kappa shape index (κ2) is 5.72. The minimum Gasteiger partial charge on any atom is -0.480 e. The Morgan fingerprint density at radius 3 is 3.00 bits per heavy atom. The number of carbonyl (C=O) groups is 1. The van der Waals surface area contributed by atoms with Gasteiger partial charge in [0.1, 0.15) is 6.04 Å². The number of unbranched alkanes of at least 4 members (excludes halogenated alkanes) is 1. The summed E-state index contributed by atoms with van der Waals surface area (Å²) in [5.41, 5.74) is 0. The second-order valence-corrected chi connectivity index (χ2v) is 4.20. The van der Waals surface area contributed by atoms with Crippen LogP contribution in [0.5, 0.6) is 0 Å². The van der Waals surface area contributed by atoms with Crippen molar-refractivity contribution in [2.45, 2.75) is 38.6 Å². The van der Waals surface area contributed by atoms with Gasteiger partial charge in [0.25, 0.3) is 0 Å². The van der Waals surface area contributed by atoms with E-state index >= 15 is 0 Å². The van der Waals surface area contributed by atoms with Crippen LogP contribution in [0.4, 0.5) is 0 Å². The average molecular weight is 210 g/mol. The predicted octanol–water partition coefficient (Wildman–Crippen LogP) is 1.48. The van der Waals surface area contributed by atoms with Crippen molar-refractivity contribution in [3.8, 4) is 6.07 Å². The van der Waals surface area contributed by atoms with E-state index in [0.29, 0.717) is 6.42 Å². The molecular formula is C11H18N2O2. The molecule has 84 valence electrons. The van der Waals surface area contributed by atoms with E-state index < -0.39 is 5.97 Å². The molecule has 1 heterocycles. The summed E-state index contributed by atoms with van der Waals surface area (Å²) >= 11 is 0. The lowest BCUT2D eigenvalue weighted by Crippen LogP contribution is -2.49. The Morgan fingerprint density at radius 2 is 2.40 bits per heavy atom. The third kappa shape index (κ3) is 3.21. The monoisotopic (exact) mass is 210 g/mol. The minimum absolute atomic E-state index is 0.221. The van der Waals surface area contributed by atoms with Crippen molar-refractivity contribution < 1.29 is 9.90 Å². The number of carboxylic acids is 1. The molecule has 4 heteroatoms. The fraction of sp³-hybridized carbons (Fsp3) is 0.818. The number of nitriles is 1. The zero-order valence-corrected chi connectivity index (χ0v) is 9.15. The van der Waals surface area contributed by atoms with Crippen molar-refractivity contribution in [3.05, 3.63) is 0 Å². The molecule has 0 saturated carbocycles. The van der Waals surface area contributed by atoms with Crippen LogP contribution < -0.4 is 0 Å². The molecule has 1 N–H and O–H groups in total. The predicted molar refractivity (Wildman–Crippen MR) is 56.2 cm³/mol. The van der Waals surface area contributed by atoms with Crippen LogP contribution in [0.15, 0.2) is 0 Å². The minimum atomic E-state index is -0.723. The highest BCUT2D eigenvalue weighted by molar-refractivity contribution is 5.74. The standard InChI is InChI=1S/C11H18N2O2/c1-9-5-4-8-13(7-3-2-6-12)10(9)11(14)15/h9-10H,2-5,7-8H2,1H3,(H,14,15). The van der Waals surface area contributed by atoms with Gasteiger partial charge in [0.05, 0.1) is 6.07 Å². The quantitative estimate of drug-likeness (QED) is 0.714.